The lowest BCUT2D eigenvalue weighted by atomic mass is 10.0. The molecule has 23 heavy (non-hydrogen) atoms. The first kappa shape index (κ1) is 15.9. The maximum atomic E-state index is 12.7. The summed E-state index contributed by atoms with van der Waals surface area (Å²) < 4.78 is 37.0. The van der Waals surface area contributed by atoms with Crippen molar-refractivity contribution in [3.63, 3.8) is 0 Å². The normalized spacial score (nSPS) is 14.5. The van der Waals surface area contributed by atoms with Crippen LogP contribution in [0, 0.1) is 0 Å². The number of para-hydroxylation sites is 1. The number of rotatable bonds is 2. The number of thioether (sulfide) groups is 1. The van der Waals surface area contributed by atoms with E-state index in [4.69, 9.17) is 0 Å². The number of hydrogen-bond donors (Lipinski definition) is 0. The number of anilines is 1. The van der Waals surface area contributed by atoms with E-state index in [1.807, 2.05) is 24.3 Å². The molecule has 2 aromatic rings. The first-order valence-electron chi connectivity index (χ1n) is 7.20. The molecule has 2 aromatic carbocycles. The van der Waals surface area contributed by atoms with E-state index < -0.39 is 5.51 Å². The van der Waals surface area contributed by atoms with Gasteiger partial charge in [-0.2, -0.15) is 13.2 Å². The second kappa shape index (κ2) is 6.28. The van der Waals surface area contributed by atoms with Crippen molar-refractivity contribution in [3.8, 4) is 0 Å². The minimum absolute atomic E-state index is 0.0769. The van der Waals surface area contributed by atoms with Crippen molar-refractivity contribution in [3.05, 3.63) is 59.7 Å². The smallest absolute Gasteiger partial charge is 0.308 e. The average molecular weight is 337 g/mol. The van der Waals surface area contributed by atoms with Gasteiger partial charge in [0.25, 0.3) is 5.91 Å². The van der Waals surface area contributed by atoms with Gasteiger partial charge in [0, 0.05) is 22.7 Å². The van der Waals surface area contributed by atoms with Crippen LogP contribution in [0.15, 0.2) is 53.4 Å². The molecule has 0 bridgehead atoms. The number of benzene rings is 2. The van der Waals surface area contributed by atoms with Crippen molar-refractivity contribution < 1.29 is 18.0 Å². The number of nitrogens with zero attached hydrogens (tertiary/aromatic N) is 1. The quantitative estimate of drug-likeness (QED) is 0.727. The monoisotopic (exact) mass is 337 g/mol. The molecule has 120 valence electrons. The second-order valence-corrected chi connectivity index (χ2v) is 6.40. The number of hydrogen-bond acceptors (Lipinski definition) is 2. The van der Waals surface area contributed by atoms with Crippen molar-refractivity contribution in [2.45, 2.75) is 23.2 Å². The summed E-state index contributed by atoms with van der Waals surface area (Å²) in [5.41, 5.74) is -1.92. The van der Waals surface area contributed by atoms with E-state index >= 15 is 0 Å². The fourth-order valence-electron chi connectivity index (χ4n) is 2.70. The average Bonchev–Trinajstić information content (AvgIpc) is 2.53. The molecular weight excluding hydrogens is 323 g/mol. The molecule has 1 aliphatic rings. The third-order valence-corrected chi connectivity index (χ3v) is 4.43. The lowest BCUT2D eigenvalue weighted by molar-refractivity contribution is -0.0328. The Kier molecular flexibility index (Phi) is 4.35. The van der Waals surface area contributed by atoms with Crippen molar-refractivity contribution >= 4 is 23.4 Å². The fraction of sp³-hybridized carbons (Fsp3) is 0.235. The van der Waals surface area contributed by atoms with Gasteiger partial charge >= 0.3 is 5.51 Å². The highest BCUT2D eigenvalue weighted by molar-refractivity contribution is 8.00. The van der Waals surface area contributed by atoms with Gasteiger partial charge in [-0.05, 0) is 60.5 Å². The van der Waals surface area contributed by atoms with Crippen LogP contribution in [0.3, 0.4) is 0 Å². The van der Waals surface area contributed by atoms with Crippen LogP contribution < -0.4 is 4.90 Å². The Hall–Kier alpha value is -1.95. The second-order valence-electron chi connectivity index (χ2n) is 5.26. The van der Waals surface area contributed by atoms with E-state index in [1.165, 1.54) is 24.3 Å². The Morgan fingerprint density at radius 3 is 2.43 bits per heavy atom. The molecule has 1 amide bonds. The van der Waals surface area contributed by atoms with Gasteiger partial charge in [0.05, 0.1) is 0 Å². The SMILES string of the molecule is O=C(c1ccc(SC(F)(F)F)cc1)N1CCCc2ccccc21. The third-order valence-electron chi connectivity index (χ3n) is 3.69. The van der Waals surface area contributed by atoms with Gasteiger partial charge in [0.15, 0.2) is 0 Å². The van der Waals surface area contributed by atoms with Gasteiger partial charge in [-0.15, -0.1) is 0 Å². The number of halogens is 3. The van der Waals surface area contributed by atoms with E-state index in [1.54, 1.807) is 4.90 Å². The van der Waals surface area contributed by atoms with Crippen LogP contribution in [0.2, 0.25) is 0 Å². The summed E-state index contributed by atoms with van der Waals surface area (Å²) in [4.78, 5) is 14.4. The van der Waals surface area contributed by atoms with E-state index in [-0.39, 0.29) is 22.6 Å². The number of carbonyl (C=O) groups excluding carboxylic acids is 1. The predicted molar refractivity (Wildman–Crippen MR) is 84.8 cm³/mol. The van der Waals surface area contributed by atoms with Gasteiger partial charge in [-0.1, -0.05) is 18.2 Å². The topological polar surface area (TPSA) is 20.3 Å². The van der Waals surface area contributed by atoms with Gasteiger partial charge in [0.2, 0.25) is 0 Å². The molecule has 0 atom stereocenters. The van der Waals surface area contributed by atoms with Crippen LogP contribution in [0.25, 0.3) is 0 Å². The van der Waals surface area contributed by atoms with Gasteiger partial charge in [0.1, 0.15) is 0 Å². The van der Waals surface area contributed by atoms with Crippen LogP contribution in [0.4, 0.5) is 18.9 Å². The standard InChI is InChI=1S/C17H14F3NOS/c18-17(19,20)23-14-9-7-13(8-10-14)16(22)21-11-3-5-12-4-1-2-6-15(12)21/h1-2,4,6-10H,3,5,11H2. The highest BCUT2D eigenvalue weighted by Gasteiger charge is 2.29. The highest BCUT2D eigenvalue weighted by atomic mass is 32.2. The molecule has 0 saturated carbocycles. The Morgan fingerprint density at radius 1 is 1.04 bits per heavy atom. The molecule has 0 saturated heterocycles. The Labute approximate surface area is 136 Å². The molecule has 1 aliphatic heterocycles. The van der Waals surface area contributed by atoms with Crippen molar-refractivity contribution in [1.29, 1.82) is 0 Å². The number of amides is 1. The van der Waals surface area contributed by atoms with Gasteiger partial charge in [-0.3, -0.25) is 4.79 Å². The van der Waals surface area contributed by atoms with E-state index in [9.17, 15) is 18.0 Å². The number of alkyl halides is 3. The van der Waals surface area contributed by atoms with E-state index in [0.29, 0.717) is 12.1 Å². The molecule has 0 fully saturated rings. The summed E-state index contributed by atoms with van der Waals surface area (Å²) in [6.07, 6.45) is 1.81. The molecule has 1 heterocycles. The van der Waals surface area contributed by atoms with Gasteiger partial charge < -0.3 is 4.90 Å². The van der Waals surface area contributed by atoms with Crippen LogP contribution in [0.5, 0.6) is 0 Å². The van der Waals surface area contributed by atoms with Crippen LogP contribution >= 0.6 is 11.8 Å². The zero-order valence-corrected chi connectivity index (χ0v) is 13.0. The molecule has 2 nitrogen and oxygen atoms in total. The maximum absolute atomic E-state index is 12.7. The fourth-order valence-corrected chi connectivity index (χ4v) is 3.24. The number of carbonyl (C=O) groups is 1. The first-order valence-corrected chi connectivity index (χ1v) is 8.01. The highest BCUT2D eigenvalue weighted by Crippen LogP contribution is 2.37. The van der Waals surface area contributed by atoms with Crippen molar-refractivity contribution in [2.24, 2.45) is 0 Å². The summed E-state index contributed by atoms with van der Waals surface area (Å²) in [7, 11) is 0. The summed E-state index contributed by atoms with van der Waals surface area (Å²) in [6, 6.07) is 13.3. The zero-order chi connectivity index (χ0) is 16.4. The van der Waals surface area contributed by atoms with Crippen molar-refractivity contribution in [2.75, 3.05) is 11.4 Å². The molecule has 0 aromatic heterocycles. The number of fused-ring (bicyclic) bond motifs is 1. The lowest BCUT2D eigenvalue weighted by Gasteiger charge is -2.29. The molecule has 0 N–H and O–H groups in total. The largest absolute Gasteiger partial charge is 0.446 e. The Morgan fingerprint density at radius 2 is 1.74 bits per heavy atom. The lowest BCUT2D eigenvalue weighted by Crippen LogP contribution is -2.35. The van der Waals surface area contributed by atoms with Crippen molar-refractivity contribution in [1.82, 2.24) is 0 Å². The third kappa shape index (κ3) is 3.69. The Balaban J connectivity index is 1.82. The summed E-state index contributed by atoms with van der Waals surface area (Å²) in [6.45, 7) is 0.620. The maximum Gasteiger partial charge on any atom is 0.446 e. The first-order chi connectivity index (χ1) is 10.9. The Bertz CT molecular complexity index is 713. The molecule has 6 heteroatoms. The number of aryl methyl sites for hydroxylation is 1. The van der Waals surface area contributed by atoms with E-state index in [0.717, 1.165) is 24.1 Å². The van der Waals surface area contributed by atoms with Crippen LogP contribution in [-0.2, 0) is 6.42 Å². The molecule has 0 spiro atoms. The molecule has 0 radical (unpaired) electrons. The van der Waals surface area contributed by atoms with Crippen LogP contribution in [-0.4, -0.2) is 18.0 Å². The van der Waals surface area contributed by atoms with Gasteiger partial charge in [-0.25, -0.2) is 0 Å². The summed E-state index contributed by atoms with van der Waals surface area (Å²) in [5.74, 6) is -0.180. The molecular formula is C17H14F3NOS. The minimum Gasteiger partial charge on any atom is -0.308 e. The van der Waals surface area contributed by atoms with Crippen LogP contribution in [0.1, 0.15) is 22.3 Å². The minimum atomic E-state index is -4.32. The molecule has 0 unspecified atom stereocenters. The zero-order valence-electron chi connectivity index (χ0n) is 12.1. The summed E-state index contributed by atoms with van der Waals surface area (Å²) in [5, 5.41) is 0. The summed E-state index contributed by atoms with van der Waals surface area (Å²) >= 11 is -0.180. The van der Waals surface area contributed by atoms with E-state index in [2.05, 4.69) is 0 Å². The molecule has 3 rings (SSSR count). The molecule has 0 aliphatic carbocycles. The predicted octanol–water partition coefficient (Wildman–Crippen LogP) is 4.89.